The Balaban J connectivity index is 2.08. The van der Waals surface area contributed by atoms with Crippen LogP contribution in [0.25, 0.3) is 0 Å². The maximum absolute atomic E-state index is 11.8. The monoisotopic (exact) mass is 317 g/mol. The number of aromatic nitrogens is 1. The van der Waals surface area contributed by atoms with Gasteiger partial charge in [-0.25, -0.2) is 0 Å². The van der Waals surface area contributed by atoms with E-state index in [-0.39, 0.29) is 24.2 Å². The lowest BCUT2D eigenvalue weighted by Crippen LogP contribution is -2.24. The number of nitrogens with one attached hydrogen (secondary N) is 2. The number of pyridine rings is 1. The van der Waals surface area contributed by atoms with Crippen molar-refractivity contribution in [1.82, 2.24) is 10.3 Å². The average molecular weight is 319 g/mol. The van der Waals surface area contributed by atoms with Crippen molar-refractivity contribution in [1.29, 1.82) is 0 Å². The van der Waals surface area contributed by atoms with Crippen LogP contribution in [0.4, 0.5) is 5.69 Å². The first kappa shape index (κ1) is 12.3. The van der Waals surface area contributed by atoms with Gasteiger partial charge in [-0.05, 0) is 15.9 Å². The van der Waals surface area contributed by atoms with Gasteiger partial charge in [-0.1, -0.05) is 11.6 Å². The van der Waals surface area contributed by atoms with E-state index >= 15 is 0 Å². The number of rotatable bonds is 2. The van der Waals surface area contributed by atoms with Gasteiger partial charge in [-0.15, -0.1) is 0 Å². The third-order valence-corrected chi connectivity index (χ3v) is 3.68. The van der Waals surface area contributed by atoms with Crippen LogP contribution in [0.3, 0.4) is 0 Å². The van der Waals surface area contributed by atoms with Crippen molar-refractivity contribution in [3.8, 4) is 0 Å². The van der Waals surface area contributed by atoms with E-state index in [1.54, 1.807) is 6.20 Å². The van der Waals surface area contributed by atoms with Crippen molar-refractivity contribution >= 4 is 45.0 Å². The van der Waals surface area contributed by atoms with E-state index in [0.29, 0.717) is 21.7 Å². The molecule has 0 unspecified atom stereocenters. The molecule has 2 N–H and O–H groups in total. The van der Waals surface area contributed by atoms with Gasteiger partial charge in [0.15, 0.2) is 0 Å². The molecule has 17 heavy (non-hydrogen) atoms. The summed E-state index contributed by atoms with van der Waals surface area (Å²) in [6.45, 7) is 0.365. The number of carbonyl (C=O) groups is 2. The number of carbonyl (C=O) groups excluding carboxylic acids is 2. The van der Waals surface area contributed by atoms with Crippen LogP contribution >= 0.6 is 27.5 Å². The van der Waals surface area contributed by atoms with Crippen LogP contribution in [0.2, 0.25) is 5.02 Å². The molecule has 5 nitrogen and oxygen atoms in total. The van der Waals surface area contributed by atoms with E-state index in [9.17, 15) is 9.59 Å². The van der Waals surface area contributed by atoms with Gasteiger partial charge >= 0.3 is 0 Å². The van der Waals surface area contributed by atoms with Gasteiger partial charge in [0.2, 0.25) is 11.8 Å². The predicted molar refractivity (Wildman–Crippen MR) is 66.7 cm³/mol. The molecule has 0 saturated carbocycles. The highest BCUT2D eigenvalue weighted by Crippen LogP contribution is 2.29. The Morgan fingerprint density at radius 3 is 3.00 bits per heavy atom. The fraction of sp³-hybridized carbons (Fsp3) is 0.300. The van der Waals surface area contributed by atoms with Crippen molar-refractivity contribution in [2.45, 2.75) is 6.42 Å². The van der Waals surface area contributed by atoms with Crippen molar-refractivity contribution in [2.24, 2.45) is 5.92 Å². The molecule has 1 aromatic heterocycles. The lowest BCUT2D eigenvalue weighted by molar-refractivity contribution is -0.123. The van der Waals surface area contributed by atoms with Gasteiger partial charge in [0.1, 0.15) is 0 Å². The summed E-state index contributed by atoms with van der Waals surface area (Å²) in [6.07, 6.45) is 3.22. The molecule has 1 aliphatic rings. The Labute approximate surface area is 111 Å². The Hall–Kier alpha value is -1.14. The third-order valence-electron chi connectivity index (χ3n) is 2.44. The van der Waals surface area contributed by atoms with E-state index < -0.39 is 0 Å². The summed E-state index contributed by atoms with van der Waals surface area (Å²) >= 11 is 9.21. The predicted octanol–water partition coefficient (Wildman–Crippen LogP) is 1.57. The summed E-state index contributed by atoms with van der Waals surface area (Å²) in [5, 5.41) is 5.66. The summed E-state index contributed by atoms with van der Waals surface area (Å²) in [4.78, 5) is 26.7. The summed E-state index contributed by atoms with van der Waals surface area (Å²) < 4.78 is 0.609. The zero-order valence-corrected chi connectivity index (χ0v) is 11.0. The van der Waals surface area contributed by atoms with Crippen molar-refractivity contribution in [3.05, 3.63) is 21.9 Å². The van der Waals surface area contributed by atoms with Gasteiger partial charge in [0.25, 0.3) is 0 Å². The molecule has 0 aliphatic carbocycles. The lowest BCUT2D eigenvalue weighted by atomic mass is 10.1. The number of hydrogen-bond acceptors (Lipinski definition) is 3. The van der Waals surface area contributed by atoms with Gasteiger partial charge in [-0.3, -0.25) is 14.6 Å². The lowest BCUT2D eigenvalue weighted by Gasteiger charge is -2.10. The maximum atomic E-state index is 11.8. The highest BCUT2D eigenvalue weighted by Gasteiger charge is 2.28. The quantitative estimate of drug-likeness (QED) is 0.869. The Kier molecular flexibility index (Phi) is 3.63. The van der Waals surface area contributed by atoms with Gasteiger partial charge < -0.3 is 10.6 Å². The smallest absolute Gasteiger partial charge is 0.229 e. The molecule has 0 spiro atoms. The highest BCUT2D eigenvalue weighted by molar-refractivity contribution is 9.10. The standard InChI is InChI=1S/C10H9BrClN3O2/c11-6-3-13-4-7(9(6)12)15-10(17)5-1-8(16)14-2-5/h3-5H,1-2H2,(H,14,16)(H,15,17)/t5-/m0/s1. The molecule has 90 valence electrons. The van der Waals surface area contributed by atoms with Gasteiger partial charge in [0.05, 0.1) is 27.3 Å². The van der Waals surface area contributed by atoms with Crippen molar-refractivity contribution < 1.29 is 9.59 Å². The molecule has 2 amide bonds. The summed E-state index contributed by atoms with van der Waals surface area (Å²) in [5.41, 5.74) is 0.436. The molecule has 1 saturated heterocycles. The molecule has 1 fully saturated rings. The van der Waals surface area contributed by atoms with Crippen molar-refractivity contribution in [2.75, 3.05) is 11.9 Å². The number of anilines is 1. The van der Waals surface area contributed by atoms with Gasteiger partial charge in [-0.2, -0.15) is 0 Å². The molecular weight excluding hydrogens is 309 g/mol. The molecule has 0 bridgehead atoms. The largest absolute Gasteiger partial charge is 0.355 e. The number of amides is 2. The molecule has 1 aromatic rings. The van der Waals surface area contributed by atoms with Crippen LogP contribution in [-0.4, -0.2) is 23.3 Å². The molecule has 0 aromatic carbocycles. The number of halogens is 2. The van der Waals surface area contributed by atoms with Crippen LogP contribution in [0, 0.1) is 5.92 Å². The molecular formula is C10H9BrClN3O2. The molecule has 7 heteroatoms. The zero-order chi connectivity index (χ0) is 12.4. The minimum atomic E-state index is -0.349. The Bertz CT molecular complexity index is 481. The molecule has 2 heterocycles. The second kappa shape index (κ2) is 5.01. The Morgan fingerprint density at radius 1 is 1.59 bits per heavy atom. The third kappa shape index (κ3) is 2.76. The fourth-order valence-corrected chi connectivity index (χ4v) is 2.01. The van der Waals surface area contributed by atoms with Crippen molar-refractivity contribution in [3.63, 3.8) is 0 Å². The number of hydrogen-bond donors (Lipinski definition) is 2. The summed E-state index contributed by atoms with van der Waals surface area (Å²) in [6, 6.07) is 0. The average Bonchev–Trinajstić information content (AvgIpc) is 2.72. The van der Waals surface area contributed by atoms with Crippen LogP contribution in [0.15, 0.2) is 16.9 Å². The SMILES string of the molecule is O=C1C[C@H](C(=O)Nc2cncc(Br)c2Cl)CN1. The molecule has 0 radical (unpaired) electrons. The second-order valence-electron chi connectivity index (χ2n) is 3.68. The van der Waals surface area contributed by atoms with E-state index in [0.717, 1.165) is 0 Å². The fourth-order valence-electron chi connectivity index (χ4n) is 1.53. The zero-order valence-electron chi connectivity index (χ0n) is 8.67. The minimum absolute atomic E-state index is 0.108. The van der Waals surface area contributed by atoms with Crippen LogP contribution in [0.1, 0.15) is 6.42 Å². The highest BCUT2D eigenvalue weighted by atomic mass is 79.9. The summed E-state index contributed by atoms with van der Waals surface area (Å²) in [5.74, 6) is -0.689. The minimum Gasteiger partial charge on any atom is -0.355 e. The molecule has 2 rings (SSSR count). The van der Waals surface area contributed by atoms with Crippen LogP contribution in [-0.2, 0) is 9.59 Å². The van der Waals surface area contributed by atoms with E-state index in [4.69, 9.17) is 11.6 Å². The van der Waals surface area contributed by atoms with Crippen LogP contribution in [0.5, 0.6) is 0 Å². The summed E-state index contributed by atoms with van der Waals surface area (Å²) in [7, 11) is 0. The Morgan fingerprint density at radius 2 is 2.35 bits per heavy atom. The molecule has 1 atom stereocenters. The number of nitrogens with zero attached hydrogens (tertiary/aromatic N) is 1. The van der Waals surface area contributed by atoms with Gasteiger partial charge in [0, 0.05) is 19.2 Å². The first-order chi connectivity index (χ1) is 8.08. The second-order valence-corrected chi connectivity index (χ2v) is 4.91. The maximum Gasteiger partial charge on any atom is 0.229 e. The first-order valence-corrected chi connectivity index (χ1v) is 6.11. The first-order valence-electron chi connectivity index (χ1n) is 4.94. The molecule has 1 aliphatic heterocycles. The van der Waals surface area contributed by atoms with E-state index in [2.05, 4.69) is 31.5 Å². The normalized spacial score (nSPS) is 18.9. The van der Waals surface area contributed by atoms with E-state index in [1.807, 2.05) is 0 Å². The topological polar surface area (TPSA) is 71.1 Å². The van der Waals surface area contributed by atoms with E-state index in [1.165, 1.54) is 6.20 Å². The van der Waals surface area contributed by atoms with Crippen LogP contribution < -0.4 is 10.6 Å².